The fourth-order valence-corrected chi connectivity index (χ4v) is 3.32. The quantitative estimate of drug-likeness (QED) is 0.872. The number of hydrogen-bond donors (Lipinski definition) is 1. The van der Waals surface area contributed by atoms with Crippen molar-refractivity contribution in [3.05, 3.63) is 28.5 Å². The summed E-state index contributed by atoms with van der Waals surface area (Å²) in [6.45, 7) is 0. The third-order valence-corrected chi connectivity index (χ3v) is 4.24. The minimum absolute atomic E-state index is 0.212. The van der Waals surface area contributed by atoms with Crippen molar-refractivity contribution in [1.82, 2.24) is 10.2 Å². The van der Waals surface area contributed by atoms with Crippen molar-refractivity contribution in [2.45, 2.75) is 25.7 Å². The Morgan fingerprint density at radius 1 is 1.37 bits per heavy atom. The number of fused-ring (bicyclic) bond motifs is 1. The Labute approximate surface area is 113 Å². The molecule has 6 heteroatoms. The second-order valence-corrected chi connectivity index (χ2v) is 5.52. The first-order valence-corrected chi connectivity index (χ1v) is 6.90. The lowest BCUT2D eigenvalue weighted by Gasteiger charge is -2.08. The molecule has 19 heavy (non-hydrogen) atoms. The second kappa shape index (κ2) is 4.97. The summed E-state index contributed by atoms with van der Waals surface area (Å²) in [6.07, 6.45) is 7.00. The zero-order chi connectivity index (χ0) is 13.2. The summed E-state index contributed by atoms with van der Waals surface area (Å²) in [6, 6.07) is 2.11. The number of thiophene rings is 1. The van der Waals surface area contributed by atoms with Gasteiger partial charge in [-0.15, -0.1) is 21.5 Å². The van der Waals surface area contributed by atoms with Crippen LogP contribution in [-0.2, 0) is 17.6 Å². The van der Waals surface area contributed by atoms with Gasteiger partial charge in [0.25, 0.3) is 5.89 Å². The number of aryl methyl sites for hydroxylation is 2. The van der Waals surface area contributed by atoms with Crippen LogP contribution in [0.2, 0.25) is 0 Å². The Kier molecular flexibility index (Phi) is 3.16. The molecule has 2 heterocycles. The molecule has 0 radical (unpaired) electrons. The predicted octanol–water partition coefficient (Wildman–Crippen LogP) is 2.77. The van der Waals surface area contributed by atoms with Gasteiger partial charge < -0.3 is 9.52 Å². The molecule has 0 unspecified atom stereocenters. The van der Waals surface area contributed by atoms with Crippen molar-refractivity contribution in [1.29, 1.82) is 0 Å². The Morgan fingerprint density at radius 3 is 3.00 bits per heavy atom. The van der Waals surface area contributed by atoms with Crippen LogP contribution in [0.4, 0.5) is 0 Å². The SMILES string of the molecule is O=C(O)/C=C/c1nnc(-c2cc3c(s2)CCCC3)o1. The van der Waals surface area contributed by atoms with Gasteiger partial charge >= 0.3 is 5.97 Å². The monoisotopic (exact) mass is 276 g/mol. The predicted molar refractivity (Wildman–Crippen MR) is 70.9 cm³/mol. The van der Waals surface area contributed by atoms with Crippen molar-refractivity contribution < 1.29 is 14.3 Å². The highest BCUT2D eigenvalue weighted by molar-refractivity contribution is 7.15. The maximum absolute atomic E-state index is 10.4. The van der Waals surface area contributed by atoms with E-state index in [-0.39, 0.29) is 5.89 Å². The van der Waals surface area contributed by atoms with Crippen molar-refractivity contribution in [3.63, 3.8) is 0 Å². The molecule has 5 nitrogen and oxygen atoms in total. The van der Waals surface area contributed by atoms with E-state index in [1.165, 1.54) is 29.4 Å². The lowest BCUT2D eigenvalue weighted by molar-refractivity contribution is -0.131. The van der Waals surface area contributed by atoms with E-state index in [4.69, 9.17) is 9.52 Å². The van der Waals surface area contributed by atoms with E-state index < -0.39 is 5.97 Å². The van der Waals surface area contributed by atoms with E-state index in [1.807, 2.05) is 0 Å². The van der Waals surface area contributed by atoms with E-state index in [9.17, 15) is 4.79 Å². The van der Waals surface area contributed by atoms with E-state index in [2.05, 4.69) is 16.3 Å². The lowest BCUT2D eigenvalue weighted by atomic mass is 9.99. The molecule has 98 valence electrons. The van der Waals surface area contributed by atoms with Gasteiger partial charge in [0.05, 0.1) is 4.88 Å². The first-order chi connectivity index (χ1) is 9.22. The maximum Gasteiger partial charge on any atom is 0.328 e. The number of rotatable bonds is 3. The van der Waals surface area contributed by atoms with Gasteiger partial charge in [0.2, 0.25) is 5.89 Å². The highest BCUT2D eigenvalue weighted by atomic mass is 32.1. The minimum atomic E-state index is -1.04. The van der Waals surface area contributed by atoms with Crippen LogP contribution in [0.5, 0.6) is 0 Å². The summed E-state index contributed by atoms with van der Waals surface area (Å²) >= 11 is 1.69. The van der Waals surface area contributed by atoms with Crippen molar-refractivity contribution in [3.8, 4) is 10.8 Å². The third kappa shape index (κ3) is 2.58. The Hall–Kier alpha value is -1.95. The molecule has 0 fully saturated rings. The molecule has 2 aromatic heterocycles. The summed E-state index contributed by atoms with van der Waals surface area (Å²) in [5.41, 5.74) is 1.38. The summed E-state index contributed by atoms with van der Waals surface area (Å²) in [5.74, 6) is -0.362. The van der Waals surface area contributed by atoms with Crippen molar-refractivity contribution in [2.24, 2.45) is 0 Å². The molecule has 1 N–H and O–H groups in total. The van der Waals surface area contributed by atoms with Gasteiger partial charge in [0.15, 0.2) is 0 Å². The zero-order valence-electron chi connectivity index (χ0n) is 10.1. The van der Waals surface area contributed by atoms with E-state index in [0.29, 0.717) is 5.89 Å². The van der Waals surface area contributed by atoms with Gasteiger partial charge in [-0.3, -0.25) is 0 Å². The van der Waals surface area contributed by atoms with Crippen molar-refractivity contribution in [2.75, 3.05) is 0 Å². The molecule has 0 saturated carbocycles. The van der Waals surface area contributed by atoms with Crippen LogP contribution in [0.1, 0.15) is 29.2 Å². The molecule has 0 aliphatic heterocycles. The normalized spacial score (nSPS) is 14.7. The van der Waals surface area contributed by atoms with Crippen LogP contribution < -0.4 is 0 Å². The first-order valence-electron chi connectivity index (χ1n) is 6.09. The molecule has 3 rings (SSSR count). The van der Waals surface area contributed by atoms with Gasteiger partial charge in [-0.25, -0.2) is 4.79 Å². The molecule has 2 aromatic rings. The fraction of sp³-hybridized carbons (Fsp3) is 0.308. The van der Waals surface area contributed by atoms with Crippen LogP contribution in [0.25, 0.3) is 16.8 Å². The largest absolute Gasteiger partial charge is 0.478 e. The van der Waals surface area contributed by atoms with Crippen LogP contribution in [0, 0.1) is 0 Å². The molecule has 0 amide bonds. The van der Waals surface area contributed by atoms with Crippen LogP contribution >= 0.6 is 11.3 Å². The molecule has 0 spiro atoms. The first kappa shape index (κ1) is 12.1. The summed E-state index contributed by atoms with van der Waals surface area (Å²) in [5, 5.41) is 16.3. The molecule has 0 saturated heterocycles. The molecule has 0 bridgehead atoms. The standard InChI is InChI=1S/C13H12N2O3S/c16-12(17)6-5-11-14-15-13(18-11)10-7-8-3-1-2-4-9(8)19-10/h5-7H,1-4H2,(H,16,17)/b6-5+. The molecule has 1 aliphatic carbocycles. The van der Waals surface area contributed by atoms with Gasteiger partial charge in [-0.1, -0.05) is 0 Å². The smallest absolute Gasteiger partial charge is 0.328 e. The van der Waals surface area contributed by atoms with Gasteiger partial charge in [0.1, 0.15) is 0 Å². The second-order valence-electron chi connectivity index (χ2n) is 4.38. The van der Waals surface area contributed by atoms with E-state index in [0.717, 1.165) is 23.8 Å². The number of hydrogen-bond acceptors (Lipinski definition) is 5. The molecular weight excluding hydrogens is 264 g/mol. The number of carboxylic acids is 1. The van der Waals surface area contributed by atoms with E-state index in [1.54, 1.807) is 11.3 Å². The van der Waals surface area contributed by atoms with Gasteiger partial charge in [-0.2, -0.15) is 0 Å². The highest BCUT2D eigenvalue weighted by Crippen LogP contribution is 2.35. The fourth-order valence-electron chi connectivity index (χ4n) is 2.14. The van der Waals surface area contributed by atoms with Gasteiger partial charge in [0, 0.05) is 17.0 Å². The zero-order valence-corrected chi connectivity index (χ0v) is 10.9. The molecule has 0 atom stereocenters. The summed E-state index contributed by atoms with van der Waals surface area (Å²) in [7, 11) is 0. The number of carbonyl (C=O) groups is 1. The molecular formula is C13H12N2O3S. The summed E-state index contributed by atoms with van der Waals surface area (Å²) < 4.78 is 5.44. The van der Waals surface area contributed by atoms with Crippen LogP contribution in [0.3, 0.4) is 0 Å². The topological polar surface area (TPSA) is 76.2 Å². The minimum Gasteiger partial charge on any atom is -0.478 e. The van der Waals surface area contributed by atoms with Crippen LogP contribution in [-0.4, -0.2) is 21.3 Å². The summed E-state index contributed by atoms with van der Waals surface area (Å²) in [4.78, 5) is 12.8. The molecule has 1 aliphatic rings. The Bertz CT molecular complexity index is 619. The van der Waals surface area contributed by atoms with E-state index >= 15 is 0 Å². The number of nitrogens with zero attached hydrogens (tertiary/aromatic N) is 2. The van der Waals surface area contributed by atoms with Crippen molar-refractivity contribution >= 4 is 23.4 Å². The average molecular weight is 276 g/mol. The Balaban J connectivity index is 1.86. The number of aromatic nitrogens is 2. The average Bonchev–Trinajstić information content (AvgIpc) is 3.02. The Morgan fingerprint density at radius 2 is 2.21 bits per heavy atom. The molecule has 0 aromatic carbocycles. The van der Waals surface area contributed by atoms with Crippen LogP contribution in [0.15, 0.2) is 16.6 Å². The highest BCUT2D eigenvalue weighted by Gasteiger charge is 2.17. The van der Waals surface area contributed by atoms with Gasteiger partial charge in [-0.05, 0) is 37.3 Å². The maximum atomic E-state index is 10.4. The number of carboxylic acid groups (broad SMARTS) is 1. The third-order valence-electron chi connectivity index (χ3n) is 3.02. The lowest BCUT2D eigenvalue weighted by Crippen LogP contribution is -1.96. The number of aliphatic carboxylic acids is 1.